The highest BCUT2D eigenvalue weighted by atomic mass is 16.6. The van der Waals surface area contributed by atoms with Crippen molar-refractivity contribution in [3.8, 4) is 11.5 Å². The Morgan fingerprint density at radius 3 is 2.96 bits per heavy atom. The molecule has 0 radical (unpaired) electrons. The maximum atomic E-state index is 11.3. The van der Waals surface area contributed by atoms with E-state index in [1.165, 1.54) is 11.0 Å². The van der Waals surface area contributed by atoms with Gasteiger partial charge in [0.25, 0.3) is 0 Å². The summed E-state index contributed by atoms with van der Waals surface area (Å²) >= 11 is 0. The normalized spacial score (nSPS) is 21.2. The number of hydrogen-bond acceptors (Lipinski definition) is 5. The number of likely N-dealkylation sites (tertiary alicyclic amines) is 1. The highest BCUT2D eigenvalue weighted by molar-refractivity contribution is 5.65. The SMILES string of the molecule is CC1(C)Cc2cc([N+](=O)[O-])c(OC[C@H]3CCCN3C(=O)O)cc2O1. The zero-order chi connectivity index (χ0) is 17.5. The highest BCUT2D eigenvalue weighted by Crippen LogP contribution is 2.42. The second-order valence-electron chi connectivity index (χ2n) is 6.81. The fraction of sp³-hybridized carbons (Fsp3) is 0.562. The number of carbonyl (C=O) groups is 1. The number of fused-ring (bicyclic) bond motifs is 1. The summed E-state index contributed by atoms with van der Waals surface area (Å²) in [7, 11) is 0. The maximum Gasteiger partial charge on any atom is 0.407 e. The number of carboxylic acid groups (broad SMARTS) is 1. The van der Waals surface area contributed by atoms with Crippen LogP contribution in [0.1, 0.15) is 32.3 Å². The van der Waals surface area contributed by atoms with Gasteiger partial charge in [0.2, 0.25) is 5.75 Å². The predicted molar refractivity (Wildman–Crippen MR) is 84.8 cm³/mol. The minimum absolute atomic E-state index is 0.0926. The number of rotatable bonds is 4. The Labute approximate surface area is 139 Å². The zero-order valence-electron chi connectivity index (χ0n) is 13.7. The molecule has 2 aliphatic rings. The summed E-state index contributed by atoms with van der Waals surface area (Å²) in [6.07, 6.45) is 1.06. The van der Waals surface area contributed by atoms with Gasteiger partial charge in [-0.1, -0.05) is 0 Å². The van der Waals surface area contributed by atoms with Crippen LogP contribution in [0.4, 0.5) is 10.5 Å². The first-order chi connectivity index (χ1) is 11.3. The number of nitrogens with zero attached hydrogens (tertiary/aromatic N) is 2. The molecule has 1 aromatic carbocycles. The number of hydrogen-bond donors (Lipinski definition) is 1. The molecule has 0 saturated carbocycles. The number of nitro benzene ring substituents is 1. The van der Waals surface area contributed by atoms with Gasteiger partial charge in [-0.05, 0) is 26.7 Å². The molecule has 0 aromatic heterocycles. The number of amides is 1. The highest BCUT2D eigenvalue weighted by Gasteiger charge is 2.34. The number of benzene rings is 1. The molecule has 8 nitrogen and oxygen atoms in total. The van der Waals surface area contributed by atoms with Gasteiger partial charge in [-0.25, -0.2) is 4.79 Å². The Morgan fingerprint density at radius 2 is 2.29 bits per heavy atom. The van der Waals surface area contributed by atoms with Crippen LogP contribution >= 0.6 is 0 Å². The molecule has 130 valence electrons. The van der Waals surface area contributed by atoms with Crippen LogP contribution in [0.3, 0.4) is 0 Å². The lowest BCUT2D eigenvalue weighted by molar-refractivity contribution is -0.386. The van der Waals surface area contributed by atoms with Gasteiger partial charge in [-0.2, -0.15) is 0 Å². The molecule has 0 unspecified atom stereocenters. The second-order valence-corrected chi connectivity index (χ2v) is 6.81. The summed E-state index contributed by atoms with van der Waals surface area (Å²) in [5.41, 5.74) is 0.266. The van der Waals surface area contributed by atoms with Gasteiger partial charge in [0.1, 0.15) is 18.0 Å². The molecule has 1 amide bonds. The van der Waals surface area contributed by atoms with E-state index in [1.807, 2.05) is 13.8 Å². The summed E-state index contributed by atoms with van der Waals surface area (Å²) in [6, 6.07) is 2.75. The molecule has 24 heavy (non-hydrogen) atoms. The van der Waals surface area contributed by atoms with Crippen molar-refractivity contribution in [1.29, 1.82) is 0 Å². The van der Waals surface area contributed by atoms with Gasteiger partial charge in [-0.3, -0.25) is 10.1 Å². The molecule has 0 bridgehead atoms. The average molecular weight is 336 g/mol. The quantitative estimate of drug-likeness (QED) is 0.670. The maximum absolute atomic E-state index is 11.3. The van der Waals surface area contributed by atoms with Crippen molar-refractivity contribution >= 4 is 11.8 Å². The van der Waals surface area contributed by atoms with Crippen LogP contribution in [0.25, 0.3) is 0 Å². The molecule has 8 heteroatoms. The van der Waals surface area contributed by atoms with E-state index in [1.54, 1.807) is 6.07 Å². The van der Waals surface area contributed by atoms with E-state index in [0.29, 0.717) is 25.1 Å². The monoisotopic (exact) mass is 336 g/mol. The summed E-state index contributed by atoms with van der Waals surface area (Å²) in [5.74, 6) is 0.704. The lowest BCUT2D eigenvalue weighted by Gasteiger charge is -2.21. The summed E-state index contributed by atoms with van der Waals surface area (Å²) in [5, 5.41) is 20.5. The van der Waals surface area contributed by atoms with E-state index in [-0.39, 0.29) is 24.1 Å². The topological polar surface area (TPSA) is 102 Å². The first kappa shape index (κ1) is 16.4. The third-order valence-corrected chi connectivity index (χ3v) is 4.40. The number of ether oxygens (including phenoxy) is 2. The largest absolute Gasteiger partial charge is 0.487 e. The van der Waals surface area contributed by atoms with E-state index < -0.39 is 16.6 Å². The van der Waals surface area contributed by atoms with Crippen LogP contribution in [0.2, 0.25) is 0 Å². The van der Waals surface area contributed by atoms with Gasteiger partial charge in [0.05, 0.1) is 11.0 Å². The van der Waals surface area contributed by atoms with Crippen molar-refractivity contribution in [1.82, 2.24) is 4.90 Å². The molecule has 1 aromatic rings. The number of nitro groups is 1. The third-order valence-electron chi connectivity index (χ3n) is 4.40. The Balaban J connectivity index is 1.80. The van der Waals surface area contributed by atoms with Crippen LogP contribution < -0.4 is 9.47 Å². The van der Waals surface area contributed by atoms with Crippen LogP contribution in [0, 0.1) is 10.1 Å². The molecule has 1 N–H and O–H groups in total. The van der Waals surface area contributed by atoms with Crippen LogP contribution in [0.5, 0.6) is 11.5 Å². The summed E-state index contributed by atoms with van der Waals surface area (Å²) < 4.78 is 11.4. The van der Waals surface area contributed by atoms with E-state index in [0.717, 1.165) is 12.0 Å². The molecule has 0 aliphatic carbocycles. The molecule has 1 fully saturated rings. The van der Waals surface area contributed by atoms with E-state index in [9.17, 15) is 14.9 Å². The van der Waals surface area contributed by atoms with Crippen LogP contribution in [0.15, 0.2) is 12.1 Å². The van der Waals surface area contributed by atoms with Crippen molar-refractivity contribution in [2.75, 3.05) is 13.2 Å². The first-order valence-electron chi connectivity index (χ1n) is 7.89. The zero-order valence-corrected chi connectivity index (χ0v) is 13.7. The Morgan fingerprint density at radius 1 is 1.54 bits per heavy atom. The van der Waals surface area contributed by atoms with Crippen molar-refractivity contribution in [2.45, 2.75) is 44.8 Å². The lowest BCUT2D eigenvalue weighted by atomic mass is 10.0. The van der Waals surface area contributed by atoms with E-state index >= 15 is 0 Å². The average Bonchev–Trinajstić information content (AvgIpc) is 3.05. The van der Waals surface area contributed by atoms with Gasteiger partial charge in [0, 0.05) is 30.7 Å². The van der Waals surface area contributed by atoms with Gasteiger partial charge in [-0.15, -0.1) is 0 Å². The minimum Gasteiger partial charge on any atom is -0.487 e. The Hall–Kier alpha value is -2.51. The smallest absolute Gasteiger partial charge is 0.407 e. The fourth-order valence-electron chi connectivity index (χ4n) is 3.32. The van der Waals surface area contributed by atoms with Crippen molar-refractivity contribution < 1.29 is 24.3 Å². The van der Waals surface area contributed by atoms with E-state index in [2.05, 4.69) is 0 Å². The standard InChI is InChI=1S/C16H20N2O6/c1-16(2)8-10-6-12(18(21)22)14(7-13(10)24-16)23-9-11-4-3-5-17(11)15(19)20/h6-7,11H,3-5,8-9H2,1-2H3,(H,19,20)/t11-/m1/s1. The molecular weight excluding hydrogens is 316 g/mol. The van der Waals surface area contributed by atoms with Crippen molar-refractivity contribution in [2.24, 2.45) is 0 Å². The molecule has 0 spiro atoms. The summed E-state index contributed by atoms with van der Waals surface area (Å²) in [6.45, 7) is 4.40. The first-order valence-corrected chi connectivity index (χ1v) is 7.89. The Kier molecular flexibility index (Phi) is 3.98. The van der Waals surface area contributed by atoms with Crippen LogP contribution in [-0.4, -0.2) is 45.8 Å². The van der Waals surface area contributed by atoms with Gasteiger partial charge >= 0.3 is 11.8 Å². The molecule has 3 rings (SSSR count). The molecular formula is C16H20N2O6. The lowest BCUT2D eigenvalue weighted by Crippen LogP contribution is -2.38. The molecule has 1 saturated heterocycles. The van der Waals surface area contributed by atoms with Gasteiger partial charge < -0.3 is 19.5 Å². The van der Waals surface area contributed by atoms with Crippen molar-refractivity contribution in [3.63, 3.8) is 0 Å². The molecule has 2 heterocycles. The van der Waals surface area contributed by atoms with E-state index in [4.69, 9.17) is 14.6 Å². The Bertz CT molecular complexity index is 687. The van der Waals surface area contributed by atoms with Crippen LogP contribution in [-0.2, 0) is 6.42 Å². The van der Waals surface area contributed by atoms with Gasteiger partial charge in [0.15, 0.2) is 0 Å². The third kappa shape index (κ3) is 3.08. The summed E-state index contributed by atoms with van der Waals surface area (Å²) in [4.78, 5) is 23.3. The fourth-order valence-corrected chi connectivity index (χ4v) is 3.32. The minimum atomic E-state index is -0.991. The second kappa shape index (κ2) is 5.85. The molecule has 1 atom stereocenters. The molecule has 2 aliphatic heterocycles. The van der Waals surface area contributed by atoms with Crippen molar-refractivity contribution in [3.05, 3.63) is 27.8 Å². The predicted octanol–water partition coefficient (Wildman–Crippen LogP) is 2.83.